The van der Waals surface area contributed by atoms with Crippen molar-refractivity contribution in [3.05, 3.63) is 99.0 Å². The Labute approximate surface area is 258 Å². The Kier molecular flexibility index (Phi) is 10.6. The van der Waals surface area contributed by atoms with Gasteiger partial charge in [0.25, 0.3) is 0 Å². The molecule has 10 heteroatoms. The molecular weight excluding hydrogens is 593 g/mol. The van der Waals surface area contributed by atoms with Crippen molar-refractivity contribution in [3.63, 3.8) is 0 Å². The maximum Gasteiger partial charge on any atom is 0.244 e. The number of halogens is 2. The van der Waals surface area contributed by atoms with Crippen LogP contribution >= 0.6 is 23.2 Å². The predicted octanol–water partition coefficient (Wildman–Crippen LogP) is 6.08. The maximum atomic E-state index is 14.3. The summed E-state index contributed by atoms with van der Waals surface area (Å²) in [6.07, 6.45) is 5.20. The number of amides is 2. The summed E-state index contributed by atoms with van der Waals surface area (Å²) in [5, 5.41) is 3.86. The molecule has 0 radical (unpaired) electrons. The van der Waals surface area contributed by atoms with E-state index in [2.05, 4.69) is 5.32 Å². The Balaban J connectivity index is 1.76. The summed E-state index contributed by atoms with van der Waals surface area (Å²) in [7, 11) is -3.85. The molecule has 4 rings (SSSR count). The minimum absolute atomic E-state index is 0.0374. The van der Waals surface area contributed by atoms with Crippen molar-refractivity contribution in [3.8, 4) is 0 Å². The van der Waals surface area contributed by atoms with Crippen molar-refractivity contribution in [2.75, 3.05) is 17.1 Å². The molecule has 0 unspecified atom stereocenters. The van der Waals surface area contributed by atoms with Crippen LogP contribution in [0.15, 0.2) is 66.7 Å². The van der Waals surface area contributed by atoms with Crippen molar-refractivity contribution in [1.82, 2.24) is 10.2 Å². The van der Waals surface area contributed by atoms with Crippen molar-refractivity contribution < 1.29 is 18.0 Å². The minimum Gasteiger partial charge on any atom is -0.352 e. The first kappa shape index (κ1) is 31.9. The van der Waals surface area contributed by atoms with Gasteiger partial charge in [-0.25, -0.2) is 8.42 Å². The van der Waals surface area contributed by atoms with Gasteiger partial charge in [0.15, 0.2) is 0 Å². The van der Waals surface area contributed by atoms with Crippen molar-refractivity contribution in [2.45, 2.75) is 64.6 Å². The monoisotopic (exact) mass is 629 g/mol. The van der Waals surface area contributed by atoms with Crippen LogP contribution in [0.2, 0.25) is 10.0 Å². The highest BCUT2D eigenvalue weighted by molar-refractivity contribution is 7.92. The third-order valence-electron chi connectivity index (χ3n) is 7.62. The van der Waals surface area contributed by atoms with E-state index >= 15 is 0 Å². The lowest BCUT2D eigenvalue weighted by atomic mass is 10.0. The Hall–Kier alpha value is -3.07. The molecule has 1 aliphatic rings. The van der Waals surface area contributed by atoms with Gasteiger partial charge < -0.3 is 10.2 Å². The average molecular weight is 631 g/mol. The molecule has 0 saturated heterocycles. The van der Waals surface area contributed by atoms with E-state index in [4.69, 9.17) is 23.2 Å². The number of nitrogens with one attached hydrogen (secondary N) is 1. The fourth-order valence-corrected chi connectivity index (χ4v) is 6.56. The smallest absolute Gasteiger partial charge is 0.244 e. The van der Waals surface area contributed by atoms with Gasteiger partial charge in [0.05, 0.1) is 22.0 Å². The third-order valence-corrected chi connectivity index (χ3v) is 9.49. The first-order valence-corrected chi connectivity index (χ1v) is 16.7. The van der Waals surface area contributed by atoms with Gasteiger partial charge in [-0.3, -0.25) is 13.9 Å². The second-order valence-electron chi connectivity index (χ2n) is 11.0. The number of rotatable bonds is 11. The Morgan fingerprint density at radius 1 is 0.929 bits per heavy atom. The minimum atomic E-state index is -3.85. The molecule has 0 heterocycles. The maximum absolute atomic E-state index is 14.3. The fourth-order valence-electron chi connectivity index (χ4n) is 5.34. The van der Waals surface area contributed by atoms with Crippen molar-refractivity contribution in [2.24, 2.45) is 0 Å². The molecule has 1 fully saturated rings. The number of anilines is 1. The number of carbonyl (C=O) groups is 2. The number of aryl methyl sites for hydroxylation is 2. The zero-order chi connectivity index (χ0) is 30.4. The number of hydrogen-bond donors (Lipinski definition) is 1. The zero-order valence-electron chi connectivity index (χ0n) is 24.1. The van der Waals surface area contributed by atoms with Gasteiger partial charge in [-0.1, -0.05) is 84.6 Å². The van der Waals surface area contributed by atoms with Crippen LogP contribution in [0.3, 0.4) is 0 Å². The zero-order valence-corrected chi connectivity index (χ0v) is 26.5. The van der Waals surface area contributed by atoms with E-state index in [1.54, 1.807) is 31.2 Å². The van der Waals surface area contributed by atoms with Crippen LogP contribution in [0.4, 0.5) is 5.69 Å². The summed E-state index contributed by atoms with van der Waals surface area (Å²) >= 11 is 12.5. The van der Waals surface area contributed by atoms with E-state index in [0.717, 1.165) is 52.9 Å². The lowest BCUT2D eigenvalue weighted by molar-refractivity contribution is -0.140. The van der Waals surface area contributed by atoms with Crippen LogP contribution in [0.25, 0.3) is 0 Å². The van der Waals surface area contributed by atoms with Gasteiger partial charge in [0.2, 0.25) is 21.8 Å². The van der Waals surface area contributed by atoms with Crippen LogP contribution in [0, 0.1) is 13.8 Å². The standard InChI is InChI=1S/C32H37Cl2N3O4S/c1-22-13-14-23(2)29(17-22)37(42(3,40)41)21-31(38)36(20-25-15-16-27(33)28(34)18-25)30(19-24-9-5-4-6-10-24)32(39)35-26-11-7-8-12-26/h4-6,9-10,13-18,26,30H,7-8,11-12,19-21H2,1-3H3,(H,35,39)/t30-/m0/s1. The number of benzene rings is 3. The van der Waals surface area contributed by atoms with Gasteiger partial charge in [-0.05, 0) is 67.1 Å². The van der Waals surface area contributed by atoms with E-state index in [0.29, 0.717) is 21.3 Å². The van der Waals surface area contributed by atoms with Gasteiger partial charge in [0.1, 0.15) is 12.6 Å². The summed E-state index contributed by atoms with van der Waals surface area (Å²) < 4.78 is 27.2. The highest BCUT2D eigenvalue weighted by Gasteiger charge is 2.34. The second kappa shape index (κ2) is 13.9. The molecule has 0 bridgehead atoms. The molecule has 7 nitrogen and oxygen atoms in total. The van der Waals surface area contributed by atoms with Gasteiger partial charge in [-0.15, -0.1) is 0 Å². The Morgan fingerprint density at radius 3 is 2.26 bits per heavy atom. The average Bonchev–Trinajstić information content (AvgIpc) is 3.45. The fraction of sp³-hybridized carbons (Fsp3) is 0.375. The molecule has 224 valence electrons. The lowest BCUT2D eigenvalue weighted by Gasteiger charge is -2.34. The topological polar surface area (TPSA) is 86.8 Å². The molecule has 1 atom stereocenters. The quantitative estimate of drug-likeness (QED) is 0.279. The highest BCUT2D eigenvalue weighted by Crippen LogP contribution is 2.27. The Morgan fingerprint density at radius 2 is 1.62 bits per heavy atom. The summed E-state index contributed by atoms with van der Waals surface area (Å²) in [6, 6.07) is 19.2. The lowest BCUT2D eigenvalue weighted by Crippen LogP contribution is -2.54. The summed E-state index contributed by atoms with van der Waals surface area (Å²) in [4.78, 5) is 29.7. The van der Waals surface area contributed by atoms with E-state index in [9.17, 15) is 18.0 Å². The van der Waals surface area contributed by atoms with E-state index in [-0.39, 0.29) is 24.9 Å². The summed E-state index contributed by atoms with van der Waals surface area (Å²) in [5.74, 6) is -0.772. The normalized spacial score (nSPS) is 14.4. The van der Waals surface area contributed by atoms with Crippen LogP contribution in [0.1, 0.15) is 47.9 Å². The van der Waals surface area contributed by atoms with E-state index in [1.165, 1.54) is 4.90 Å². The third kappa shape index (κ3) is 8.27. The molecule has 0 spiro atoms. The Bertz CT molecular complexity index is 1530. The number of carbonyl (C=O) groups excluding carboxylic acids is 2. The first-order chi connectivity index (χ1) is 19.9. The van der Waals surface area contributed by atoms with E-state index in [1.807, 2.05) is 49.4 Å². The van der Waals surface area contributed by atoms with Crippen molar-refractivity contribution >= 4 is 50.7 Å². The van der Waals surface area contributed by atoms with Crippen LogP contribution in [-0.4, -0.2) is 50.0 Å². The van der Waals surface area contributed by atoms with E-state index < -0.39 is 28.5 Å². The molecule has 2 amide bonds. The number of hydrogen-bond acceptors (Lipinski definition) is 4. The second-order valence-corrected chi connectivity index (χ2v) is 13.7. The molecular formula is C32H37Cl2N3O4S. The van der Waals surface area contributed by atoms with Crippen LogP contribution in [-0.2, 0) is 32.6 Å². The molecule has 1 saturated carbocycles. The molecule has 3 aromatic carbocycles. The van der Waals surface area contributed by atoms with Crippen LogP contribution in [0.5, 0.6) is 0 Å². The molecule has 3 aromatic rings. The molecule has 0 aliphatic heterocycles. The first-order valence-electron chi connectivity index (χ1n) is 14.0. The number of sulfonamides is 1. The summed E-state index contributed by atoms with van der Waals surface area (Å²) in [5.41, 5.74) is 3.56. The largest absolute Gasteiger partial charge is 0.352 e. The molecule has 0 aromatic heterocycles. The molecule has 1 N–H and O–H groups in total. The SMILES string of the molecule is Cc1ccc(C)c(N(CC(=O)N(Cc2ccc(Cl)c(Cl)c2)[C@@H](Cc2ccccc2)C(=O)NC2CCCC2)S(C)(=O)=O)c1. The van der Waals surface area contributed by atoms with Gasteiger partial charge >= 0.3 is 0 Å². The number of nitrogens with zero attached hydrogens (tertiary/aromatic N) is 2. The van der Waals surface area contributed by atoms with Crippen molar-refractivity contribution in [1.29, 1.82) is 0 Å². The highest BCUT2D eigenvalue weighted by atomic mass is 35.5. The van der Waals surface area contributed by atoms with Gasteiger partial charge in [0, 0.05) is 19.0 Å². The predicted molar refractivity (Wildman–Crippen MR) is 169 cm³/mol. The molecule has 42 heavy (non-hydrogen) atoms. The molecule has 1 aliphatic carbocycles. The van der Waals surface area contributed by atoms with Gasteiger partial charge in [-0.2, -0.15) is 0 Å². The van der Waals surface area contributed by atoms with Crippen LogP contribution < -0.4 is 9.62 Å². The summed E-state index contributed by atoms with van der Waals surface area (Å²) in [6.45, 7) is 3.24.